The van der Waals surface area contributed by atoms with Gasteiger partial charge in [-0.3, -0.25) is 4.79 Å². The lowest BCUT2D eigenvalue weighted by Gasteiger charge is -2.30. The lowest BCUT2D eigenvalue weighted by molar-refractivity contribution is -0.137. The lowest BCUT2D eigenvalue weighted by atomic mass is 9.91. The zero-order valence-corrected chi connectivity index (χ0v) is 13.3. The number of alkyl halides is 3. The van der Waals surface area contributed by atoms with Gasteiger partial charge in [0.2, 0.25) is 5.91 Å². The summed E-state index contributed by atoms with van der Waals surface area (Å²) in [4.78, 5) is 16.1. The van der Waals surface area contributed by atoms with Crippen LogP contribution in [0.15, 0.2) is 36.8 Å². The SMILES string of the molecule is Cn1cncc1CC(=O)NC(C)(CO)c1cccc(C(F)(F)F)c1. The van der Waals surface area contributed by atoms with Crippen LogP contribution in [0.5, 0.6) is 0 Å². The highest BCUT2D eigenvalue weighted by Crippen LogP contribution is 2.32. The van der Waals surface area contributed by atoms with Gasteiger partial charge in [0.05, 0.1) is 30.5 Å². The number of carbonyl (C=O) groups excluding carboxylic acids is 1. The molecule has 2 rings (SSSR count). The standard InChI is InChI=1S/C16H18F3N3O2/c1-15(9-23,11-4-3-5-12(6-11)16(17,18)19)21-14(24)7-13-8-20-10-22(13)2/h3-6,8,10,23H,7,9H2,1-2H3,(H,21,24). The second-order valence-electron chi connectivity index (χ2n) is 5.79. The van der Waals surface area contributed by atoms with Gasteiger partial charge in [-0.1, -0.05) is 12.1 Å². The topological polar surface area (TPSA) is 67.2 Å². The zero-order chi connectivity index (χ0) is 18.0. The van der Waals surface area contributed by atoms with Gasteiger partial charge in [-0.25, -0.2) is 4.98 Å². The maximum atomic E-state index is 12.9. The number of imidazole rings is 1. The number of hydrogen-bond donors (Lipinski definition) is 2. The van der Waals surface area contributed by atoms with Crippen LogP contribution < -0.4 is 5.32 Å². The number of rotatable bonds is 5. The van der Waals surface area contributed by atoms with Crippen molar-refractivity contribution in [3.8, 4) is 0 Å². The van der Waals surface area contributed by atoms with Crippen LogP contribution in [0.25, 0.3) is 0 Å². The molecule has 0 spiro atoms. The van der Waals surface area contributed by atoms with Crippen molar-refractivity contribution in [1.29, 1.82) is 0 Å². The first-order valence-electron chi connectivity index (χ1n) is 7.20. The highest BCUT2D eigenvalue weighted by atomic mass is 19.4. The Morgan fingerprint density at radius 3 is 2.54 bits per heavy atom. The number of nitrogens with one attached hydrogen (secondary N) is 1. The molecule has 0 bridgehead atoms. The summed E-state index contributed by atoms with van der Waals surface area (Å²) in [6, 6.07) is 4.56. The first-order valence-corrected chi connectivity index (χ1v) is 7.20. The third-order valence-electron chi connectivity index (χ3n) is 3.82. The van der Waals surface area contributed by atoms with Crippen LogP contribution in [0.1, 0.15) is 23.7 Å². The average molecular weight is 341 g/mol. The highest BCUT2D eigenvalue weighted by molar-refractivity contribution is 5.79. The van der Waals surface area contributed by atoms with E-state index in [1.165, 1.54) is 25.3 Å². The Morgan fingerprint density at radius 2 is 2.00 bits per heavy atom. The van der Waals surface area contributed by atoms with Crippen molar-refractivity contribution in [2.75, 3.05) is 6.61 Å². The van der Waals surface area contributed by atoms with Crippen molar-refractivity contribution in [2.45, 2.75) is 25.1 Å². The number of aromatic nitrogens is 2. The third-order valence-corrected chi connectivity index (χ3v) is 3.82. The molecule has 1 amide bonds. The third kappa shape index (κ3) is 3.94. The molecule has 8 heteroatoms. The largest absolute Gasteiger partial charge is 0.416 e. The van der Waals surface area contributed by atoms with Crippen LogP contribution in [0.3, 0.4) is 0 Å². The molecule has 5 nitrogen and oxygen atoms in total. The molecular formula is C16H18F3N3O2. The van der Waals surface area contributed by atoms with Gasteiger partial charge >= 0.3 is 6.18 Å². The van der Waals surface area contributed by atoms with Crippen LogP contribution in [0, 0.1) is 0 Å². The number of nitrogens with zero attached hydrogens (tertiary/aromatic N) is 2. The van der Waals surface area contributed by atoms with Crippen LogP contribution in [0.2, 0.25) is 0 Å². The summed E-state index contributed by atoms with van der Waals surface area (Å²) in [5.74, 6) is -0.424. The molecule has 2 N–H and O–H groups in total. The van der Waals surface area contributed by atoms with E-state index in [9.17, 15) is 23.1 Å². The number of carbonyl (C=O) groups is 1. The predicted octanol–water partition coefficient (Wildman–Crippen LogP) is 2.01. The molecule has 2 aromatic rings. The Labute approximate surface area is 137 Å². The van der Waals surface area contributed by atoms with E-state index in [4.69, 9.17) is 0 Å². The van der Waals surface area contributed by atoms with E-state index in [0.717, 1.165) is 12.1 Å². The second-order valence-corrected chi connectivity index (χ2v) is 5.79. The summed E-state index contributed by atoms with van der Waals surface area (Å²) in [5, 5.41) is 12.3. The van der Waals surface area contributed by atoms with Gasteiger partial charge in [0.15, 0.2) is 0 Å². The molecule has 0 fully saturated rings. The van der Waals surface area contributed by atoms with Crippen LogP contribution in [-0.4, -0.2) is 27.2 Å². The summed E-state index contributed by atoms with van der Waals surface area (Å²) < 4.78 is 40.2. The molecule has 0 radical (unpaired) electrons. The van der Waals surface area contributed by atoms with Gasteiger partial charge in [-0.05, 0) is 24.6 Å². The predicted molar refractivity (Wildman–Crippen MR) is 80.9 cm³/mol. The van der Waals surface area contributed by atoms with Gasteiger partial charge in [0.25, 0.3) is 0 Å². The van der Waals surface area contributed by atoms with Crippen molar-refractivity contribution < 1.29 is 23.1 Å². The number of aliphatic hydroxyl groups is 1. The second kappa shape index (κ2) is 6.64. The zero-order valence-electron chi connectivity index (χ0n) is 13.3. The molecule has 1 atom stereocenters. The average Bonchev–Trinajstić information content (AvgIpc) is 2.91. The van der Waals surface area contributed by atoms with Crippen molar-refractivity contribution in [3.63, 3.8) is 0 Å². The quantitative estimate of drug-likeness (QED) is 0.874. The van der Waals surface area contributed by atoms with Gasteiger partial charge < -0.3 is 15.0 Å². The molecule has 0 aliphatic heterocycles. The van der Waals surface area contributed by atoms with Crippen LogP contribution in [-0.2, 0) is 30.0 Å². The fourth-order valence-electron chi connectivity index (χ4n) is 2.31. The van der Waals surface area contributed by atoms with Gasteiger partial charge in [-0.2, -0.15) is 13.2 Å². The number of aliphatic hydroxyl groups excluding tert-OH is 1. The van der Waals surface area contributed by atoms with Gasteiger partial charge in [-0.15, -0.1) is 0 Å². The van der Waals surface area contributed by atoms with E-state index in [2.05, 4.69) is 10.3 Å². The summed E-state index contributed by atoms with van der Waals surface area (Å²) in [7, 11) is 1.73. The maximum Gasteiger partial charge on any atom is 0.416 e. The Bertz CT molecular complexity index is 727. The molecule has 0 saturated carbocycles. The molecule has 1 aromatic heterocycles. The molecule has 0 saturated heterocycles. The fourth-order valence-corrected chi connectivity index (χ4v) is 2.31. The van der Waals surface area contributed by atoms with Crippen molar-refractivity contribution >= 4 is 5.91 Å². The first-order chi connectivity index (χ1) is 11.2. The summed E-state index contributed by atoms with van der Waals surface area (Å²) >= 11 is 0. The molecule has 1 heterocycles. The molecule has 0 aliphatic carbocycles. The van der Waals surface area contributed by atoms with E-state index >= 15 is 0 Å². The smallest absolute Gasteiger partial charge is 0.394 e. The van der Waals surface area contributed by atoms with Crippen LogP contribution >= 0.6 is 0 Å². The number of aryl methyl sites for hydroxylation is 1. The lowest BCUT2D eigenvalue weighted by Crippen LogP contribution is -2.47. The first kappa shape index (κ1) is 18.0. The van der Waals surface area contributed by atoms with Crippen molar-refractivity contribution in [1.82, 2.24) is 14.9 Å². The number of amides is 1. The molecule has 130 valence electrons. The Balaban J connectivity index is 2.22. The molecule has 0 aliphatic rings. The Hall–Kier alpha value is -2.35. The summed E-state index contributed by atoms with van der Waals surface area (Å²) in [6.07, 6.45) is -1.42. The Kier molecular flexibility index (Phi) is 4.98. The minimum absolute atomic E-state index is 0.00501. The molecular weight excluding hydrogens is 323 g/mol. The van der Waals surface area contributed by atoms with Crippen molar-refractivity contribution in [3.05, 3.63) is 53.6 Å². The normalized spacial score (nSPS) is 14.2. The van der Waals surface area contributed by atoms with Crippen LogP contribution in [0.4, 0.5) is 13.2 Å². The maximum absolute atomic E-state index is 12.9. The van der Waals surface area contributed by atoms with E-state index < -0.39 is 29.8 Å². The van der Waals surface area contributed by atoms with Gasteiger partial charge in [0.1, 0.15) is 0 Å². The molecule has 1 unspecified atom stereocenters. The van der Waals surface area contributed by atoms with E-state index in [1.54, 1.807) is 17.9 Å². The van der Waals surface area contributed by atoms with E-state index in [1.807, 2.05) is 0 Å². The number of halogens is 3. The molecule has 1 aromatic carbocycles. The molecule has 24 heavy (non-hydrogen) atoms. The fraction of sp³-hybridized carbons (Fsp3) is 0.375. The summed E-state index contributed by atoms with van der Waals surface area (Å²) in [6.45, 7) is 0.940. The van der Waals surface area contributed by atoms with Crippen molar-refractivity contribution in [2.24, 2.45) is 7.05 Å². The minimum atomic E-state index is -4.49. The minimum Gasteiger partial charge on any atom is -0.394 e. The van der Waals surface area contributed by atoms with Gasteiger partial charge in [0, 0.05) is 18.9 Å². The van der Waals surface area contributed by atoms with E-state index in [-0.39, 0.29) is 12.0 Å². The Morgan fingerprint density at radius 1 is 1.33 bits per heavy atom. The number of benzene rings is 1. The van der Waals surface area contributed by atoms with E-state index in [0.29, 0.717) is 5.69 Å². The summed E-state index contributed by atoms with van der Waals surface area (Å²) in [5.41, 5.74) is -1.33. The highest BCUT2D eigenvalue weighted by Gasteiger charge is 2.34. The monoisotopic (exact) mass is 341 g/mol. The number of hydrogen-bond acceptors (Lipinski definition) is 3.